The lowest BCUT2D eigenvalue weighted by molar-refractivity contribution is -0.0232. The van der Waals surface area contributed by atoms with E-state index in [9.17, 15) is 8.78 Å². The first-order chi connectivity index (χ1) is 16.0. The lowest BCUT2D eigenvalue weighted by Crippen LogP contribution is -2.15. The Morgan fingerprint density at radius 2 is 1.85 bits per heavy atom. The van der Waals surface area contributed by atoms with Crippen LogP contribution >= 0.6 is 0 Å². The number of hydrogen-bond donors (Lipinski definition) is 1. The van der Waals surface area contributed by atoms with Crippen LogP contribution in [0.4, 0.5) is 8.78 Å². The zero-order chi connectivity index (χ0) is 23.3. The largest absolute Gasteiger partial charge is 0.308 e. The normalized spacial score (nSPS) is 11.5. The summed E-state index contributed by atoms with van der Waals surface area (Å²) in [4.78, 5) is 4.18. The van der Waals surface area contributed by atoms with Crippen LogP contribution in [-0.2, 0) is 18.9 Å². The number of halogens is 2. The monoisotopic (exact) mass is 447 g/mol. The van der Waals surface area contributed by atoms with E-state index < -0.39 is 11.7 Å². The van der Waals surface area contributed by atoms with Crippen molar-refractivity contribution >= 4 is 0 Å². The molecule has 2 aromatic heterocycles. The summed E-state index contributed by atoms with van der Waals surface area (Å²) in [5, 5.41) is 18.2. The van der Waals surface area contributed by atoms with Gasteiger partial charge in [0.05, 0.1) is 6.54 Å². The molecule has 4 rings (SSSR count). The molecule has 4 aromatic rings. The van der Waals surface area contributed by atoms with E-state index in [1.165, 1.54) is 4.68 Å². The minimum atomic E-state index is -3.06. The van der Waals surface area contributed by atoms with Crippen LogP contribution < -0.4 is 0 Å². The number of aromatic amines is 1. The zero-order valence-electron chi connectivity index (χ0n) is 18.2. The van der Waals surface area contributed by atoms with Gasteiger partial charge in [-0.15, -0.1) is 22.5 Å². The van der Waals surface area contributed by atoms with Gasteiger partial charge < -0.3 is 0 Å². The molecule has 0 radical (unpaired) electrons. The van der Waals surface area contributed by atoms with Gasteiger partial charge >= 0.3 is 5.92 Å². The third kappa shape index (κ3) is 4.95. The molecule has 0 saturated heterocycles. The Hall–Kier alpha value is -3.93. The fraction of sp³-hybridized carbons (Fsp3) is 0.292. The summed E-state index contributed by atoms with van der Waals surface area (Å²) in [6.07, 6.45) is 6.17. The Morgan fingerprint density at radius 3 is 2.52 bits per heavy atom. The lowest BCUT2D eigenvalue weighted by atomic mass is 9.98. The molecule has 0 fully saturated rings. The van der Waals surface area contributed by atoms with Crippen molar-refractivity contribution in [2.45, 2.75) is 45.1 Å². The average Bonchev–Trinajstić information content (AvgIpc) is 3.49. The Balaban J connectivity index is 1.60. The van der Waals surface area contributed by atoms with Crippen molar-refractivity contribution in [1.82, 2.24) is 35.4 Å². The summed E-state index contributed by atoms with van der Waals surface area (Å²) in [5.41, 5.74) is 3.76. The first-order valence-electron chi connectivity index (χ1n) is 10.7. The summed E-state index contributed by atoms with van der Waals surface area (Å²) < 4.78 is 30.3. The zero-order valence-corrected chi connectivity index (χ0v) is 18.2. The molecule has 0 aliphatic rings. The smallest absolute Gasteiger partial charge is 0.248 e. The molecule has 0 spiro atoms. The van der Waals surface area contributed by atoms with Gasteiger partial charge in [-0.05, 0) is 33.5 Å². The van der Waals surface area contributed by atoms with Crippen molar-refractivity contribution in [3.05, 3.63) is 65.7 Å². The van der Waals surface area contributed by atoms with Crippen molar-refractivity contribution in [3.63, 3.8) is 0 Å². The second-order valence-electron chi connectivity index (χ2n) is 7.65. The molecule has 0 saturated carbocycles. The molecule has 168 valence electrons. The Kier molecular flexibility index (Phi) is 6.54. The molecule has 33 heavy (non-hydrogen) atoms. The van der Waals surface area contributed by atoms with Crippen LogP contribution in [0, 0.1) is 12.3 Å². The van der Waals surface area contributed by atoms with Crippen molar-refractivity contribution in [1.29, 1.82) is 0 Å². The SMILES string of the molecule is C#CCCn1nc(C(F)(F)CCC)nc1Cc1ccc(-c2ccccc2-c2nnn[nH]2)cc1. The van der Waals surface area contributed by atoms with E-state index in [1.807, 2.05) is 48.5 Å². The fourth-order valence-electron chi connectivity index (χ4n) is 3.63. The van der Waals surface area contributed by atoms with Crippen molar-refractivity contribution in [3.8, 4) is 34.9 Å². The van der Waals surface area contributed by atoms with Gasteiger partial charge in [-0.2, -0.15) is 8.78 Å². The van der Waals surface area contributed by atoms with Gasteiger partial charge in [0, 0.05) is 24.8 Å². The van der Waals surface area contributed by atoms with Crippen LogP contribution in [0.3, 0.4) is 0 Å². The number of aromatic nitrogens is 7. The lowest BCUT2D eigenvalue weighted by Gasteiger charge is -2.10. The minimum absolute atomic E-state index is 0.291. The molecule has 0 unspecified atom stereocenters. The number of benzene rings is 2. The van der Waals surface area contributed by atoms with Gasteiger partial charge in [-0.3, -0.25) is 0 Å². The summed E-state index contributed by atoms with van der Waals surface area (Å²) in [7, 11) is 0. The number of terminal acetylenes is 1. The van der Waals surface area contributed by atoms with Gasteiger partial charge in [0.1, 0.15) is 5.82 Å². The maximum atomic E-state index is 14.4. The average molecular weight is 447 g/mol. The number of nitrogens with zero attached hydrogens (tertiary/aromatic N) is 6. The predicted octanol–water partition coefficient (Wildman–Crippen LogP) is 4.63. The predicted molar refractivity (Wildman–Crippen MR) is 120 cm³/mol. The van der Waals surface area contributed by atoms with Gasteiger partial charge in [0.15, 0.2) is 5.82 Å². The summed E-state index contributed by atoms with van der Waals surface area (Å²) in [5.74, 6) is 0.0764. The standard InChI is InChI=1S/C24H23F2N7/c1-3-5-15-33-21(27-23(30-33)24(25,26)14-4-2)16-17-10-12-18(13-11-17)19-8-6-7-9-20(19)22-28-31-32-29-22/h1,6-13H,4-5,14-16H2,2H3,(H,28,29,31,32). The van der Waals surface area contributed by atoms with Crippen molar-refractivity contribution in [2.24, 2.45) is 0 Å². The molecule has 2 heterocycles. The first kappa shape index (κ1) is 22.3. The van der Waals surface area contributed by atoms with Crippen molar-refractivity contribution < 1.29 is 8.78 Å². The highest BCUT2D eigenvalue weighted by Gasteiger charge is 2.36. The molecule has 7 nitrogen and oxygen atoms in total. The van der Waals surface area contributed by atoms with Crippen LogP contribution in [0.15, 0.2) is 48.5 Å². The molecule has 0 aliphatic carbocycles. The van der Waals surface area contributed by atoms with E-state index in [1.54, 1.807) is 6.92 Å². The number of H-pyrrole nitrogens is 1. The summed E-state index contributed by atoms with van der Waals surface area (Å²) in [6, 6.07) is 15.7. The van der Waals surface area contributed by atoms with E-state index in [0.29, 0.717) is 37.5 Å². The molecular formula is C24H23F2N7. The number of nitrogens with one attached hydrogen (secondary N) is 1. The number of tetrazole rings is 1. The van der Waals surface area contributed by atoms with Crippen LogP contribution in [0.5, 0.6) is 0 Å². The number of alkyl halides is 2. The summed E-state index contributed by atoms with van der Waals surface area (Å²) in [6.45, 7) is 2.06. The Labute approximate surface area is 190 Å². The van der Waals surface area contributed by atoms with Crippen molar-refractivity contribution in [2.75, 3.05) is 0 Å². The highest BCUT2D eigenvalue weighted by atomic mass is 19.3. The fourth-order valence-corrected chi connectivity index (χ4v) is 3.63. The Morgan fingerprint density at radius 1 is 1.09 bits per heavy atom. The molecule has 0 aliphatic heterocycles. The topological polar surface area (TPSA) is 85.2 Å². The third-order valence-corrected chi connectivity index (χ3v) is 5.26. The molecule has 0 atom stereocenters. The van der Waals surface area contributed by atoms with Gasteiger partial charge in [0.25, 0.3) is 0 Å². The van der Waals surface area contributed by atoms with Crippen LogP contribution in [0.2, 0.25) is 0 Å². The molecule has 9 heteroatoms. The van der Waals surface area contributed by atoms with E-state index >= 15 is 0 Å². The number of aryl methyl sites for hydroxylation is 1. The van der Waals surface area contributed by atoms with E-state index in [2.05, 4.69) is 36.6 Å². The molecule has 2 aromatic carbocycles. The number of rotatable bonds is 9. The maximum absolute atomic E-state index is 14.4. The quantitative estimate of drug-likeness (QED) is 0.378. The van der Waals surface area contributed by atoms with Crippen LogP contribution in [0.25, 0.3) is 22.5 Å². The van der Waals surface area contributed by atoms with Gasteiger partial charge in [0.2, 0.25) is 5.82 Å². The second-order valence-corrected chi connectivity index (χ2v) is 7.65. The molecule has 0 amide bonds. The first-order valence-corrected chi connectivity index (χ1v) is 10.7. The van der Waals surface area contributed by atoms with Crippen LogP contribution in [0.1, 0.15) is 43.4 Å². The molecule has 0 bridgehead atoms. The van der Waals surface area contributed by atoms with Crippen LogP contribution in [-0.4, -0.2) is 35.4 Å². The second kappa shape index (κ2) is 9.69. The van der Waals surface area contributed by atoms with Gasteiger partial charge in [-0.25, -0.2) is 14.8 Å². The minimum Gasteiger partial charge on any atom is -0.248 e. The summed E-state index contributed by atoms with van der Waals surface area (Å²) >= 11 is 0. The molecule has 1 N–H and O–H groups in total. The van der Waals surface area contributed by atoms with E-state index in [0.717, 1.165) is 22.3 Å². The van der Waals surface area contributed by atoms with Gasteiger partial charge in [-0.1, -0.05) is 55.5 Å². The highest BCUT2D eigenvalue weighted by Crippen LogP contribution is 2.32. The highest BCUT2D eigenvalue weighted by molar-refractivity contribution is 5.80. The molecular weight excluding hydrogens is 424 g/mol. The maximum Gasteiger partial charge on any atom is 0.308 e. The third-order valence-electron chi connectivity index (χ3n) is 5.26. The van der Waals surface area contributed by atoms with E-state index in [4.69, 9.17) is 6.42 Å². The number of hydrogen-bond acceptors (Lipinski definition) is 5. The van der Waals surface area contributed by atoms with E-state index in [-0.39, 0.29) is 6.42 Å². The Bertz CT molecular complexity index is 1240.